The highest BCUT2D eigenvalue weighted by atomic mass is 32.2. The molecule has 0 bridgehead atoms. The molecule has 0 spiro atoms. The van der Waals surface area contributed by atoms with Crippen molar-refractivity contribution in [1.29, 1.82) is 0 Å². The minimum Gasteiger partial charge on any atom is -0.760 e. The number of piperazine rings is 1. The Bertz CT molecular complexity index is 788. The van der Waals surface area contributed by atoms with E-state index in [1.807, 2.05) is 4.90 Å². The number of carbonyl (C=O) groups excluding carboxylic acids is 1. The topological polar surface area (TPSA) is 97.3 Å². The van der Waals surface area contributed by atoms with Crippen LogP contribution in [-0.2, 0) is 20.8 Å². The molecule has 2 atom stereocenters. The van der Waals surface area contributed by atoms with Gasteiger partial charge in [0.2, 0.25) is 0 Å². The van der Waals surface area contributed by atoms with Crippen LogP contribution in [0.2, 0.25) is 0 Å². The van der Waals surface area contributed by atoms with Gasteiger partial charge in [-0.1, -0.05) is 6.42 Å². The summed E-state index contributed by atoms with van der Waals surface area (Å²) in [4.78, 5) is 13.7. The van der Waals surface area contributed by atoms with Crippen molar-refractivity contribution in [1.82, 2.24) is 14.6 Å². The van der Waals surface area contributed by atoms with Crippen LogP contribution in [0.3, 0.4) is 0 Å². The third kappa shape index (κ3) is 6.94. The van der Waals surface area contributed by atoms with E-state index in [1.165, 1.54) is 16.6 Å². The number of halogens is 2. The first-order valence-corrected chi connectivity index (χ1v) is 11.5. The van der Waals surface area contributed by atoms with Crippen molar-refractivity contribution in [3.63, 3.8) is 0 Å². The van der Waals surface area contributed by atoms with E-state index in [4.69, 9.17) is 4.74 Å². The Morgan fingerprint density at radius 2 is 1.97 bits per heavy atom. The van der Waals surface area contributed by atoms with E-state index < -0.39 is 23.3 Å². The molecular weight excluding hydrogens is 430 g/mol. The van der Waals surface area contributed by atoms with E-state index >= 15 is 0 Å². The van der Waals surface area contributed by atoms with Gasteiger partial charge < -0.3 is 14.2 Å². The second-order valence-electron chi connectivity index (χ2n) is 7.68. The minimum absolute atomic E-state index is 0.0638. The minimum atomic E-state index is -2.31. The zero-order chi connectivity index (χ0) is 22.2. The van der Waals surface area contributed by atoms with Gasteiger partial charge in [-0.2, -0.15) is 5.10 Å². The van der Waals surface area contributed by atoms with Crippen LogP contribution in [0, 0.1) is 0 Å². The largest absolute Gasteiger partial charge is 0.760 e. The van der Waals surface area contributed by atoms with Crippen LogP contribution < -0.4 is 5.43 Å². The van der Waals surface area contributed by atoms with Crippen molar-refractivity contribution in [2.24, 2.45) is 5.10 Å². The molecule has 31 heavy (non-hydrogen) atoms. The second kappa shape index (κ2) is 11.5. The van der Waals surface area contributed by atoms with E-state index in [9.17, 15) is 22.3 Å². The van der Waals surface area contributed by atoms with E-state index in [2.05, 4.69) is 10.5 Å². The van der Waals surface area contributed by atoms with Gasteiger partial charge in [0.1, 0.15) is 17.7 Å². The van der Waals surface area contributed by atoms with Crippen molar-refractivity contribution >= 4 is 23.8 Å². The van der Waals surface area contributed by atoms with Crippen molar-refractivity contribution in [2.45, 2.75) is 50.8 Å². The lowest BCUT2D eigenvalue weighted by molar-refractivity contribution is -0.109. The van der Waals surface area contributed by atoms with Crippen LogP contribution in [0.15, 0.2) is 40.2 Å². The molecule has 0 aromatic carbocycles. The van der Waals surface area contributed by atoms with Gasteiger partial charge >= 0.3 is 0 Å². The molecule has 1 saturated carbocycles. The van der Waals surface area contributed by atoms with Crippen molar-refractivity contribution in [2.75, 3.05) is 26.2 Å². The van der Waals surface area contributed by atoms with Gasteiger partial charge in [0.05, 0.1) is 18.0 Å². The fourth-order valence-electron chi connectivity index (χ4n) is 3.84. The molecule has 0 radical (unpaired) electrons. The predicted octanol–water partition coefficient (Wildman–Crippen LogP) is 2.21. The first-order chi connectivity index (χ1) is 15.0. The first kappa shape index (κ1) is 23.6. The van der Waals surface area contributed by atoms with Gasteiger partial charge in [-0.15, -0.1) is 0 Å². The highest BCUT2D eigenvalue weighted by molar-refractivity contribution is 7.76. The lowest BCUT2D eigenvalue weighted by atomic mass is 9.98. The maximum Gasteiger partial charge on any atom is 0.186 e. The molecule has 1 saturated heterocycles. The molecule has 8 nitrogen and oxygen atoms in total. The number of hydrogen-bond donors (Lipinski definition) is 1. The Kier molecular flexibility index (Phi) is 8.73. The van der Waals surface area contributed by atoms with Crippen molar-refractivity contribution < 1.29 is 27.1 Å². The van der Waals surface area contributed by atoms with Crippen LogP contribution in [-0.4, -0.2) is 68.9 Å². The molecule has 2 aliphatic carbocycles. The molecule has 0 aromatic heterocycles. The SMILES string of the molecule is O=C/C(OC1CCCCC1)=C(\C=N/NC1=CC(F)CC(F)=C1)N1CCN(S(=O)[O-])CC1. The fourth-order valence-corrected chi connectivity index (χ4v) is 4.30. The predicted molar refractivity (Wildman–Crippen MR) is 112 cm³/mol. The summed E-state index contributed by atoms with van der Waals surface area (Å²) >= 11 is -2.31. The lowest BCUT2D eigenvalue weighted by Gasteiger charge is -2.37. The molecule has 0 amide bonds. The summed E-state index contributed by atoms with van der Waals surface area (Å²) in [5, 5.41) is 4.06. The Morgan fingerprint density at radius 1 is 1.26 bits per heavy atom. The number of aldehydes is 1. The molecule has 3 rings (SSSR count). The summed E-state index contributed by atoms with van der Waals surface area (Å²) in [7, 11) is 0. The average Bonchev–Trinajstić information content (AvgIpc) is 2.75. The highest BCUT2D eigenvalue weighted by Gasteiger charge is 2.24. The quantitative estimate of drug-likeness (QED) is 0.150. The Morgan fingerprint density at radius 3 is 2.58 bits per heavy atom. The van der Waals surface area contributed by atoms with Gasteiger partial charge in [0.15, 0.2) is 12.0 Å². The second-order valence-corrected chi connectivity index (χ2v) is 8.63. The normalized spacial score (nSPS) is 25.5. The number of nitrogens with zero attached hydrogens (tertiary/aromatic N) is 3. The van der Waals surface area contributed by atoms with Gasteiger partial charge in [-0.3, -0.25) is 14.4 Å². The summed E-state index contributed by atoms with van der Waals surface area (Å²) in [6, 6.07) is 0. The molecule has 172 valence electrons. The van der Waals surface area contributed by atoms with E-state index in [-0.39, 0.29) is 37.1 Å². The number of allylic oxidation sites excluding steroid dienone is 5. The molecule has 3 aliphatic rings. The number of ether oxygens (including phenoxy) is 1. The Hall–Kier alpha value is -2.11. The smallest absolute Gasteiger partial charge is 0.186 e. The van der Waals surface area contributed by atoms with Crippen LogP contribution in [0.5, 0.6) is 0 Å². The zero-order valence-electron chi connectivity index (χ0n) is 17.2. The fraction of sp³-hybridized carbons (Fsp3) is 0.600. The van der Waals surface area contributed by atoms with Gasteiger partial charge in [0, 0.05) is 43.9 Å². The van der Waals surface area contributed by atoms with Crippen LogP contribution >= 0.6 is 0 Å². The number of hydrazone groups is 1. The zero-order valence-corrected chi connectivity index (χ0v) is 18.0. The summed E-state index contributed by atoms with van der Waals surface area (Å²) in [6.07, 6.45) is 7.54. The molecule has 1 N–H and O–H groups in total. The molecule has 11 heteroatoms. The molecule has 1 heterocycles. The summed E-state index contributed by atoms with van der Waals surface area (Å²) < 4.78 is 56.6. The van der Waals surface area contributed by atoms with E-state index in [0.717, 1.165) is 38.2 Å². The van der Waals surface area contributed by atoms with Gasteiger partial charge in [0.25, 0.3) is 0 Å². The summed E-state index contributed by atoms with van der Waals surface area (Å²) in [5.41, 5.74) is 3.18. The van der Waals surface area contributed by atoms with E-state index in [1.54, 1.807) is 0 Å². The molecule has 2 unspecified atom stereocenters. The standard InChI is InChI=1S/C20H28F2N4O4S/c21-15-10-16(22)12-17(11-15)24-23-13-19(25-6-8-26(9-7-25)31(28)29)20(14-27)30-18-4-2-1-3-5-18/h11-15,18,24H,1-10H2,(H,28,29)/p-1/b20-19-,23-13-. The number of hydrogen-bond acceptors (Lipinski definition) is 7. The summed E-state index contributed by atoms with van der Waals surface area (Å²) in [6.45, 7) is 1.23. The summed E-state index contributed by atoms with van der Waals surface area (Å²) in [5.74, 6) is -0.462. The maximum atomic E-state index is 13.5. The number of alkyl halides is 1. The molecule has 2 fully saturated rings. The van der Waals surface area contributed by atoms with Crippen molar-refractivity contribution in [3.05, 3.63) is 35.1 Å². The monoisotopic (exact) mass is 457 g/mol. The van der Waals surface area contributed by atoms with Crippen LogP contribution in [0.25, 0.3) is 0 Å². The van der Waals surface area contributed by atoms with Crippen LogP contribution in [0.4, 0.5) is 8.78 Å². The maximum absolute atomic E-state index is 13.5. The molecule has 0 aromatic rings. The number of nitrogens with one attached hydrogen (secondary N) is 1. The van der Waals surface area contributed by atoms with E-state index in [0.29, 0.717) is 25.1 Å². The third-order valence-corrected chi connectivity index (χ3v) is 6.23. The molecular formula is C20H27F2N4O4S-. The van der Waals surface area contributed by atoms with Gasteiger partial charge in [-0.05, 0) is 37.8 Å². The number of carbonyl (C=O) groups is 1. The highest BCUT2D eigenvalue weighted by Crippen LogP contribution is 2.24. The Labute approximate surface area is 183 Å². The van der Waals surface area contributed by atoms with Gasteiger partial charge in [-0.25, -0.2) is 13.1 Å². The Balaban J connectivity index is 1.77. The first-order valence-electron chi connectivity index (χ1n) is 10.4. The average molecular weight is 458 g/mol. The number of rotatable bonds is 8. The van der Waals surface area contributed by atoms with Crippen molar-refractivity contribution in [3.8, 4) is 0 Å². The molecule has 1 aliphatic heterocycles. The third-order valence-electron chi connectivity index (χ3n) is 5.44. The van der Waals surface area contributed by atoms with Crippen LogP contribution in [0.1, 0.15) is 38.5 Å². The lowest BCUT2D eigenvalue weighted by Crippen LogP contribution is -2.47.